The van der Waals surface area contributed by atoms with Crippen LogP contribution in [-0.4, -0.2) is 60.0 Å². The first kappa shape index (κ1) is 18.7. The van der Waals surface area contributed by atoms with Crippen LogP contribution in [0.4, 0.5) is 10.5 Å². The number of benzene rings is 1. The van der Waals surface area contributed by atoms with Crippen LogP contribution < -0.4 is 10.6 Å². The number of hydrogen-bond donors (Lipinski definition) is 2. The molecule has 0 bridgehead atoms. The van der Waals surface area contributed by atoms with Crippen LogP contribution in [0.15, 0.2) is 18.2 Å². The molecule has 1 heterocycles. The summed E-state index contributed by atoms with van der Waals surface area (Å²) in [7, 11) is 0. The number of anilines is 1. The van der Waals surface area contributed by atoms with Crippen molar-refractivity contribution in [3.63, 3.8) is 0 Å². The molecule has 2 N–H and O–H groups in total. The largest absolute Gasteiger partial charge is 0.352 e. The number of urea groups is 1. The molecule has 6 nitrogen and oxygen atoms in total. The van der Waals surface area contributed by atoms with Crippen LogP contribution in [0.1, 0.15) is 37.8 Å². The van der Waals surface area contributed by atoms with Gasteiger partial charge in [-0.15, -0.1) is 0 Å². The second kappa shape index (κ2) is 8.08. The summed E-state index contributed by atoms with van der Waals surface area (Å²) in [6, 6.07) is 6.30. The zero-order valence-corrected chi connectivity index (χ0v) is 16.0. The van der Waals surface area contributed by atoms with E-state index in [1.54, 1.807) is 0 Å². The molecule has 1 atom stereocenters. The Morgan fingerprint density at radius 2 is 1.88 bits per heavy atom. The van der Waals surface area contributed by atoms with Crippen molar-refractivity contribution in [2.75, 3.05) is 31.5 Å². The summed E-state index contributed by atoms with van der Waals surface area (Å²) < 4.78 is 0. The normalized spacial score (nSPS) is 19.1. The van der Waals surface area contributed by atoms with E-state index in [1.165, 1.54) is 0 Å². The highest BCUT2D eigenvalue weighted by Crippen LogP contribution is 2.22. The zero-order chi connectivity index (χ0) is 18.7. The highest BCUT2D eigenvalue weighted by atomic mass is 16.2. The van der Waals surface area contributed by atoms with Crippen LogP contribution in [0.2, 0.25) is 0 Å². The molecule has 2 aliphatic rings. The quantitative estimate of drug-likeness (QED) is 0.849. The lowest BCUT2D eigenvalue weighted by atomic mass is 10.1. The molecule has 0 spiro atoms. The van der Waals surface area contributed by atoms with E-state index in [0.717, 1.165) is 49.2 Å². The number of para-hydroxylation sites is 1. The van der Waals surface area contributed by atoms with Gasteiger partial charge in [-0.1, -0.05) is 25.1 Å². The van der Waals surface area contributed by atoms with Crippen LogP contribution in [0, 0.1) is 6.92 Å². The second-order valence-corrected chi connectivity index (χ2v) is 7.37. The first-order valence-corrected chi connectivity index (χ1v) is 9.68. The topological polar surface area (TPSA) is 64.7 Å². The Bertz CT molecular complexity index is 664. The third-order valence-corrected chi connectivity index (χ3v) is 5.42. The van der Waals surface area contributed by atoms with Crippen molar-refractivity contribution in [2.45, 2.75) is 52.1 Å². The maximum atomic E-state index is 12.7. The van der Waals surface area contributed by atoms with Crippen LogP contribution in [-0.2, 0) is 11.2 Å². The molecule has 2 fully saturated rings. The monoisotopic (exact) mass is 358 g/mol. The number of nitrogens with one attached hydrogen (secondary N) is 2. The standard InChI is InChI=1S/C20H30N4O2/c1-4-16-7-5-6-14(2)18(16)22-20(26)24-12-10-23(11-13-24)15(3)19(25)21-17-8-9-17/h5-7,15,17H,4,8-13H2,1-3H3,(H,21,25)(H,22,26). The molecule has 6 heteroatoms. The van der Waals surface area contributed by atoms with Crippen LogP contribution in [0.5, 0.6) is 0 Å². The fourth-order valence-electron chi connectivity index (χ4n) is 3.42. The summed E-state index contributed by atoms with van der Waals surface area (Å²) in [5, 5.41) is 6.15. The van der Waals surface area contributed by atoms with E-state index in [1.807, 2.05) is 30.9 Å². The van der Waals surface area contributed by atoms with Crippen molar-refractivity contribution in [3.8, 4) is 0 Å². The van der Waals surface area contributed by atoms with Crippen molar-refractivity contribution in [1.29, 1.82) is 0 Å². The van der Waals surface area contributed by atoms with Gasteiger partial charge in [-0.25, -0.2) is 4.79 Å². The Morgan fingerprint density at radius 3 is 2.50 bits per heavy atom. The minimum Gasteiger partial charge on any atom is -0.352 e. The van der Waals surface area contributed by atoms with Crippen LogP contribution in [0.3, 0.4) is 0 Å². The fraction of sp³-hybridized carbons (Fsp3) is 0.600. The minimum atomic E-state index is -0.135. The number of piperazine rings is 1. The molecule has 3 amide bonds. The molecule has 0 aromatic heterocycles. The highest BCUT2D eigenvalue weighted by Gasteiger charge is 2.31. The first-order valence-electron chi connectivity index (χ1n) is 9.68. The van der Waals surface area contributed by atoms with Gasteiger partial charge in [0.05, 0.1) is 6.04 Å². The van der Waals surface area contributed by atoms with Crippen molar-refractivity contribution in [2.24, 2.45) is 0 Å². The molecule has 1 saturated heterocycles. The van der Waals surface area contributed by atoms with Gasteiger partial charge in [0.25, 0.3) is 0 Å². The van der Waals surface area contributed by atoms with Gasteiger partial charge in [-0.2, -0.15) is 0 Å². The van der Waals surface area contributed by atoms with Crippen molar-refractivity contribution < 1.29 is 9.59 Å². The molecule has 1 aromatic rings. The molecule has 1 aromatic carbocycles. The fourth-order valence-corrected chi connectivity index (χ4v) is 3.42. The molecular weight excluding hydrogens is 328 g/mol. The zero-order valence-electron chi connectivity index (χ0n) is 16.0. The van der Waals surface area contributed by atoms with E-state index in [0.29, 0.717) is 19.1 Å². The van der Waals surface area contributed by atoms with Gasteiger partial charge in [0.2, 0.25) is 5.91 Å². The van der Waals surface area contributed by atoms with Gasteiger partial charge in [0.15, 0.2) is 0 Å². The molecule has 142 valence electrons. The van der Waals surface area contributed by atoms with Gasteiger partial charge in [-0.05, 0) is 44.2 Å². The average molecular weight is 358 g/mol. The maximum absolute atomic E-state index is 12.7. The predicted molar refractivity (Wildman–Crippen MR) is 103 cm³/mol. The Balaban J connectivity index is 1.53. The average Bonchev–Trinajstić information content (AvgIpc) is 3.46. The molecule has 3 rings (SSSR count). The van der Waals surface area contributed by atoms with Gasteiger partial charge in [0.1, 0.15) is 0 Å². The van der Waals surface area contributed by atoms with E-state index in [9.17, 15) is 9.59 Å². The van der Waals surface area contributed by atoms with Crippen molar-refractivity contribution in [1.82, 2.24) is 15.1 Å². The molecular formula is C20H30N4O2. The molecule has 26 heavy (non-hydrogen) atoms. The summed E-state index contributed by atoms with van der Waals surface area (Å²) >= 11 is 0. The Morgan fingerprint density at radius 1 is 1.19 bits per heavy atom. The predicted octanol–water partition coefficient (Wildman–Crippen LogP) is 2.37. The first-order chi connectivity index (χ1) is 12.5. The maximum Gasteiger partial charge on any atom is 0.321 e. The van der Waals surface area contributed by atoms with Gasteiger partial charge < -0.3 is 15.5 Å². The van der Waals surface area contributed by atoms with Gasteiger partial charge in [-0.3, -0.25) is 9.69 Å². The van der Waals surface area contributed by atoms with E-state index in [4.69, 9.17) is 0 Å². The summed E-state index contributed by atoms with van der Waals surface area (Å²) in [5.74, 6) is 0.109. The molecule has 1 aliphatic heterocycles. The SMILES string of the molecule is CCc1cccc(C)c1NC(=O)N1CCN(C(C)C(=O)NC2CC2)CC1. The minimum absolute atomic E-state index is 0.0521. The molecule has 0 radical (unpaired) electrons. The third-order valence-electron chi connectivity index (χ3n) is 5.42. The number of amides is 3. The second-order valence-electron chi connectivity index (χ2n) is 7.37. The number of nitrogens with zero attached hydrogens (tertiary/aromatic N) is 2. The number of carbonyl (C=O) groups excluding carboxylic acids is 2. The summed E-state index contributed by atoms with van der Waals surface area (Å²) in [4.78, 5) is 28.9. The van der Waals surface area contributed by atoms with Gasteiger partial charge in [0, 0.05) is 37.9 Å². The smallest absolute Gasteiger partial charge is 0.321 e. The number of hydrogen-bond acceptors (Lipinski definition) is 3. The summed E-state index contributed by atoms with van der Waals surface area (Å²) in [6.07, 6.45) is 3.09. The third kappa shape index (κ3) is 4.36. The lowest BCUT2D eigenvalue weighted by Gasteiger charge is -2.37. The Labute approximate surface area is 155 Å². The Hall–Kier alpha value is -2.08. The summed E-state index contributed by atoms with van der Waals surface area (Å²) in [6.45, 7) is 8.79. The van der Waals surface area contributed by atoms with E-state index >= 15 is 0 Å². The molecule has 1 saturated carbocycles. The lowest BCUT2D eigenvalue weighted by Crippen LogP contribution is -2.55. The van der Waals surface area contributed by atoms with E-state index < -0.39 is 0 Å². The molecule has 1 aliphatic carbocycles. The molecule has 1 unspecified atom stereocenters. The van der Waals surface area contributed by atoms with Crippen LogP contribution in [0.25, 0.3) is 0 Å². The van der Waals surface area contributed by atoms with E-state index in [-0.39, 0.29) is 18.0 Å². The van der Waals surface area contributed by atoms with Crippen molar-refractivity contribution >= 4 is 17.6 Å². The van der Waals surface area contributed by atoms with Crippen molar-refractivity contribution in [3.05, 3.63) is 29.3 Å². The Kier molecular flexibility index (Phi) is 5.81. The number of rotatable bonds is 5. The van der Waals surface area contributed by atoms with Gasteiger partial charge >= 0.3 is 6.03 Å². The summed E-state index contributed by atoms with van der Waals surface area (Å²) in [5.41, 5.74) is 3.17. The highest BCUT2D eigenvalue weighted by molar-refractivity contribution is 5.91. The number of carbonyl (C=O) groups is 2. The lowest BCUT2D eigenvalue weighted by molar-refractivity contribution is -0.126. The van der Waals surface area contributed by atoms with Crippen LogP contribution >= 0.6 is 0 Å². The number of aryl methyl sites for hydroxylation is 2. The van der Waals surface area contributed by atoms with E-state index in [2.05, 4.69) is 28.5 Å².